The van der Waals surface area contributed by atoms with Crippen LogP contribution < -0.4 is 15.4 Å². The van der Waals surface area contributed by atoms with Crippen molar-refractivity contribution in [1.82, 2.24) is 10.6 Å². The Hall–Kier alpha value is -1.02. The SMILES string of the molecule is CCNC(=NCc1ccc(OC)c(C)c1)NCC(OC)C(C)(C)C.I. The minimum absolute atomic E-state index is 0. The number of aryl methyl sites for hydroxylation is 1. The normalized spacial score (nSPS) is 13.0. The van der Waals surface area contributed by atoms with E-state index in [-0.39, 0.29) is 35.5 Å². The minimum atomic E-state index is 0. The highest BCUT2D eigenvalue weighted by Crippen LogP contribution is 2.21. The van der Waals surface area contributed by atoms with Gasteiger partial charge in [-0.25, -0.2) is 4.99 Å². The van der Waals surface area contributed by atoms with E-state index < -0.39 is 0 Å². The van der Waals surface area contributed by atoms with Crippen LogP contribution in [0.3, 0.4) is 0 Å². The fraction of sp³-hybridized carbons (Fsp3) is 0.632. The number of nitrogens with zero attached hydrogens (tertiary/aromatic N) is 1. The number of guanidine groups is 1. The summed E-state index contributed by atoms with van der Waals surface area (Å²) in [5.41, 5.74) is 2.35. The van der Waals surface area contributed by atoms with E-state index in [0.29, 0.717) is 13.1 Å². The zero-order valence-electron chi connectivity index (χ0n) is 16.6. The third kappa shape index (κ3) is 8.27. The Morgan fingerprint density at radius 2 is 1.88 bits per heavy atom. The number of hydrogen-bond acceptors (Lipinski definition) is 3. The highest BCUT2D eigenvalue weighted by Gasteiger charge is 2.24. The molecule has 1 aromatic rings. The Balaban J connectivity index is 0.00000576. The van der Waals surface area contributed by atoms with Crippen molar-refractivity contribution >= 4 is 29.9 Å². The molecule has 0 aromatic heterocycles. The monoisotopic (exact) mass is 463 g/mol. The lowest BCUT2D eigenvalue weighted by Crippen LogP contribution is -2.45. The predicted octanol–water partition coefficient (Wildman–Crippen LogP) is 3.74. The molecular formula is C19H34IN3O2. The van der Waals surface area contributed by atoms with Crippen LogP contribution in [0.15, 0.2) is 23.2 Å². The summed E-state index contributed by atoms with van der Waals surface area (Å²) < 4.78 is 10.9. The summed E-state index contributed by atoms with van der Waals surface area (Å²) >= 11 is 0. The Kier molecular flexibility index (Phi) is 11.1. The standard InChI is InChI=1S/C19H33N3O2.HI/c1-8-20-18(22-13-17(24-7)19(3,4)5)21-12-15-9-10-16(23-6)14(2)11-15;/h9-11,17H,8,12-13H2,1-7H3,(H2,20,21,22);1H. The van der Waals surface area contributed by atoms with Crippen molar-refractivity contribution in [2.75, 3.05) is 27.3 Å². The molecule has 0 aliphatic carbocycles. The fourth-order valence-corrected chi connectivity index (χ4v) is 2.48. The van der Waals surface area contributed by atoms with Crippen molar-refractivity contribution in [3.05, 3.63) is 29.3 Å². The molecule has 0 saturated heterocycles. The third-order valence-corrected chi connectivity index (χ3v) is 3.93. The molecule has 0 spiro atoms. The maximum atomic E-state index is 5.59. The van der Waals surface area contributed by atoms with Crippen molar-refractivity contribution < 1.29 is 9.47 Å². The molecule has 6 heteroatoms. The van der Waals surface area contributed by atoms with Gasteiger partial charge in [-0.1, -0.05) is 32.9 Å². The zero-order chi connectivity index (χ0) is 18.2. The van der Waals surface area contributed by atoms with E-state index in [1.165, 1.54) is 0 Å². The minimum Gasteiger partial charge on any atom is -0.496 e. The van der Waals surface area contributed by atoms with Crippen LogP contribution in [0.25, 0.3) is 0 Å². The summed E-state index contributed by atoms with van der Waals surface area (Å²) in [5, 5.41) is 6.65. The average Bonchev–Trinajstić information content (AvgIpc) is 2.51. The molecule has 2 N–H and O–H groups in total. The van der Waals surface area contributed by atoms with Gasteiger partial charge in [-0.3, -0.25) is 0 Å². The maximum absolute atomic E-state index is 5.59. The smallest absolute Gasteiger partial charge is 0.191 e. The number of nitrogens with one attached hydrogen (secondary N) is 2. The summed E-state index contributed by atoms with van der Waals surface area (Å²) in [4.78, 5) is 4.67. The maximum Gasteiger partial charge on any atom is 0.191 e. The van der Waals surface area contributed by atoms with E-state index in [0.717, 1.165) is 29.4 Å². The number of rotatable bonds is 7. The molecule has 0 radical (unpaired) electrons. The van der Waals surface area contributed by atoms with Crippen molar-refractivity contribution in [2.45, 2.75) is 47.3 Å². The summed E-state index contributed by atoms with van der Waals surface area (Å²) in [6, 6.07) is 6.14. The second-order valence-electron chi connectivity index (χ2n) is 6.97. The van der Waals surface area contributed by atoms with E-state index in [2.05, 4.69) is 49.4 Å². The van der Waals surface area contributed by atoms with Gasteiger partial charge in [0, 0.05) is 20.2 Å². The molecule has 5 nitrogen and oxygen atoms in total. The van der Waals surface area contributed by atoms with E-state index in [1.807, 2.05) is 19.1 Å². The molecule has 0 heterocycles. The molecule has 0 aliphatic rings. The third-order valence-electron chi connectivity index (χ3n) is 3.93. The van der Waals surface area contributed by atoms with Gasteiger partial charge in [-0.15, -0.1) is 24.0 Å². The van der Waals surface area contributed by atoms with E-state index in [4.69, 9.17) is 9.47 Å². The van der Waals surface area contributed by atoms with Gasteiger partial charge in [0.1, 0.15) is 5.75 Å². The first-order valence-electron chi connectivity index (χ1n) is 8.50. The molecule has 0 saturated carbocycles. The molecule has 1 aromatic carbocycles. The number of benzene rings is 1. The van der Waals surface area contributed by atoms with Gasteiger partial charge in [-0.05, 0) is 36.5 Å². The molecular weight excluding hydrogens is 429 g/mol. The van der Waals surface area contributed by atoms with Crippen LogP contribution in [-0.2, 0) is 11.3 Å². The van der Waals surface area contributed by atoms with E-state index >= 15 is 0 Å². The lowest BCUT2D eigenvalue weighted by Gasteiger charge is -2.30. The number of methoxy groups -OCH3 is 2. The van der Waals surface area contributed by atoms with Crippen LogP contribution in [0, 0.1) is 12.3 Å². The van der Waals surface area contributed by atoms with Gasteiger partial charge in [0.25, 0.3) is 0 Å². The molecule has 1 atom stereocenters. The van der Waals surface area contributed by atoms with Gasteiger partial charge in [0.15, 0.2) is 5.96 Å². The zero-order valence-corrected chi connectivity index (χ0v) is 18.9. The second-order valence-corrected chi connectivity index (χ2v) is 6.97. The lowest BCUT2D eigenvalue weighted by atomic mass is 9.89. The molecule has 25 heavy (non-hydrogen) atoms. The second kappa shape index (κ2) is 11.6. The van der Waals surface area contributed by atoms with Crippen molar-refractivity contribution in [3.8, 4) is 5.75 Å². The molecule has 0 amide bonds. The predicted molar refractivity (Wildman–Crippen MR) is 116 cm³/mol. The van der Waals surface area contributed by atoms with Crippen molar-refractivity contribution in [2.24, 2.45) is 10.4 Å². The first-order valence-corrected chi connectivity index (χ1v) is 8.50. The first-order chi connectivity index (χ1) is 11.3. The van der Waals surface area contributed by atoms with Crippen molar-refractivity contribution in [3.63, 3.8) is 0 Å². The molecule has 1 rings (SSSR count). The average molecular weight is 463 g/mol. The van der Waals surface area contributed by atoms with Crippen LogP contribution in [0.5, 0.6) is 5.75 Å². The first kappa shape index (κ1) is 24.0. The van der Waals surface area contributed by atoms with Gasteiger partial charge >= 0.3 is 0 Å². The molecule has 0 aliphatic heterocycles. The van der Waals surface area contributed by atoms with Crippen LogP contribution in [-0.4, -0.2) is 39.4 Å². The van der Waals surface area contributed by atoms with Crippen LogP contribution in [0.1, 0.15) is 38.8 Å². The summed E-state index contributed by atoms with van der Waals surface area (Å²) in [6.07, 6.45) is 0.115. The van der Waals surface area contributed by atoms with Gasteiger partial charge in [-0.2, -0.15) is 0 Å². The number of halogens is 1. The Bertz CT molecular complexity index is 542. The summed E-state index contributed by atoms with van der Waals surface area (Å²) in [6.45, 7) is 12.8. The Morgan fingerprint density at radius 3 is 2.36 bits per heavy atom. The number of aliphatic imine (C=N–C) groups is 1. The molecule has 144 valence electrons. The highest BCUT2D eigenvalue weighted by molar-refractivity contribution is 14.0. The van der Waals surface area contributed by atoms with Crippen LogP contribution >= 0.6 is 24.0 Å². The van der Waals surface area contributed by atoms with E-state index in [1.54, 1.807) is 14.2 Å². The van der Waals surface area contributed by atoms with Crippen molar-refractivity contribution in [1.29, 1.82) is 0 Å². The summed E-state index contributed by atoms with van der Waals surface area (Å²) in [7, 11) is 3.44. The number of hydrogen-bond donors (Lipinski definition) is 2. The quantitative estimate of drug-likeness (QED) is 0.368. The summed E-state index contributed by atoms with van der Waals surface area (Å²) in [5.74, 6) is 1.71. The fourth-order valence-electron chi connectivity index (χ4n) is 2.48. The molecule has 1 unspecified atom stereocenters. The van der Waals surface area contributed by atoms with Crippen LogP contribution in [0.2, 0.25) is 0 Å². The largest absolute Gasteiger partial charge is 0.496 e. The van der Waals surface area contributed by atoms with Gasteiger partial charge in [0.2, 0.25) is 0 Å². The topological polar surface area (TPSA) is 54.9 Å². The van der Waals surface area contributed by atoms with Crippen LogP contribution in [0.4, 0.5) is 0 Å². The molecule has 0 fully saturated rings. The molecule has 0 bridgehead atoms. The van der Waals surface area contributed by atoms with Gasteiger partial charge in [0.05, 0.1) is 19.8 Å². The van der Waals surface area contributed by atoms with E-state index in [9.17, 15) is 0 Å². The Morgan fingerprint density at radius 1 is 1.20 bits per heavy atom. The highest BCUT2D eigenvalue weighted by atomic mass is 127. The van der Waals surface area contributed by atoms with Gasteiger partial charge < -0.3 is 20.1 Å². The number of ether oxygens (including phenoxy) is 2. The Labute approximate surface area is 170 Å². The lowest BCUT2D eigenvalue weighted by molar-refractivity contribution is 0.0205.